The van der Waals surface area contributed by atoms with E-state index >= 15 is 0 Å². The SMILES string of the molecule is COC(=O)/C=c1/s/c(=C(\C#N)C(=O)N2CCCCC2)n(-c2ccccc2)c1=O. The number of ether oxygens (including phenoxy) is 1. The van der Waals surface area contributed by atoms with Crippen LogP contribution in [0.5, 0.6) is 0 Å². The molecule has 3 rings (SSSR count). The van der Waals surface area contributed by atoms with Crippen molar-refractivity contribution < 1.29 is 14.3 Å². The number of amides is 1. The third-order valence-corrected chi connectivity index (χ3v) is 5.56. The summed E-state index contributed by atoms with van der Waals surface area (Å²) >= 11 is 0.937. The Labute approximate surface area is 165 Å². The molecule has 0 aliphatic carbocycles. The van der Waals surface area contributed by atoms with Crippen LogP contribution in [0.4, 0.5) is 0 Å². The van der Waals surface area contributed by atoms with Crippen molar-refractivity contribution in [2.75, 3.05) is 20.2 Å². The molecule has 0 spiro atoms. The van der Waals surface area contributed by atoms with Crippen molar-refractivity contribution in [2.24, 2.45) is 0 Å². The predicted octanol–water partition coefficient (Wildman–Crippen LogP) is 0.539. The van der Waals surface area contributed by atoms with E-state index in [-0.39, 0.29) is 14.8 Å². The maximum Gasteiger partial charge on any atom is 0.332 e. The molecular weight excluding hydrogens is 378 g/mol. The Morgan fingerprint density at radius 2 is 1.86 bits per heavy atom. The van der Waals surface area contributed by atoms with Crippen molar-refractivity contribution in [3.05, 3.63) is 49.9 Å². The number of esters is 1. The van der Waals surface area contributed by atoms with Crippen LogP contribution in [0.2, 0.25) is 0 Å². The van der Waals surface area contributed by atoms with Crippen LogP contribution in [0, 0.1) is 11.3 Å². The van der Waals surface area contributed by atoms with Gasteiger partial charge in [0, 0.05) is 19.2 Å². The first kappa shape index (κ1) is 19.6. The molecule has 2 aromatic rings. The van der Waals surface area contributed by atoms with Gasteiger partial charge >= 0.3 is 5.97 Å². The van der Waals surface area contributed by atoms with Gasteiger partial charge in [-0.2, -0.15) is 5.26 Å². The van der Waals surface area contributed by atoms with E-state index in [0.717, 1.165) is 36.7 Å². The lowest BCUT2D eigenvalue weighted by Gasteiger charge is -2.26. The van der Waals surface area contributed by atoms with Gasteiger partial charge < -0.3 is 9.64 Å². The van der Waals surface area contributed by atoms with Crippen molar-refractivity contribution in [2.45, 2.75) is 19.3 Å². The Kier molecular flexibility index (Phi) is 6.06. The molecule has 7 nitrogen and oxygen atoms in total. The molecule has 1 aromatic heterocycles. The van der Waals surface area contributed by atoms with Crippen LogP contribution < -0.4 is 14.8 Å². The summed E-state index contributed by atoms with van der Waals surface area (Å²) in [6.45, 7) is 1.18. The third kappa shape index (κ3) is 3.89. The number of hydrogen-bond acceptors (Lipinski definition) is 6. The lowest BCUT2D eigenvalue weighted by Crippen LogP contribution is -2.39. The van der Waals surface area contributed by atoms with Gasteiger partial charge in [0.1, 0.15) is 15.3 Å². The Hall–Kier alpha value is -3.18. The number of benzene rings is 1. The van der Waals surface area contributed by atoms with Crippen LogP contribution in [0.3, 0.4) is 0 Å². The Bertz CT molecular complexity index is 1100. The monoisotopic (exact) mass is 397 g/mol. The zero-order valence-electron chi connectivity index (χ0n) is 15.4. The number of hydrogen-bond donors (Lipinski definition) is 0. The molecule has 1 fully saturated rings. The minimum atomic E-state index is -0.675. The highest BCUT2D eigenvalue weighted by Gasteiger charge is 2.23. The lowest BCUT2D eigenvalue weighted by molar-refractivity contribution is -0.133. The van der Waals surface area contributed by atoms with E-state index in [1.807, 2.05) is 6.07 Å². The molecule has 0 saturated carbocycles. The Balaban J connectivity index is 2.30. The molecular formula is C20H19N3O4S. The quantitative estimate of drug-likeness (QED) is 0.705. The van der Waals surface area contributed by atoms with Gasteiger partial charge in [0.05, 0.1) is 12.8 Å². The zero-order valence-corrected chi connectivity index (χ0v) is 16.2. The highest BCUT2D eigenvalue weighted by atomic mass is 32.1. The van der Waals surface area contributed by atoms with Crippen LogP contribution in [0.1, 0.15) is 19.3 Å². The number of para-hydroxylation sites is 1. The fourth-order valence-electron chi connectivity index (χ4n) is 3.07. The summed E-state index contributed by atoms with van der Waals surface area (Å²) in [5.74, 6) is -1.07. The second-order valence-electron chi connectivity index (χ2n) is 6.25. The van der Waals surface area contributed by atoms with Crippen LogP contribution in [0.15, 0.2) is 35.1 Å². The summed E-state index contributed by atoms with van der Waals surface area (Å²) in [6.07, 6.45) is 3.91. The molecule has 1 aliphatic heterocycles. The number of methoxy groups -OCH3 is 1. The minimum absolute atomic E-state index is 0.0997. The van der Waals surface area contributed by atoms with Gasteiger partial charge in [-0.05, 0) is 31.4 Å². The van der Waals surface area contributed by atoms with E-state index in [2.05, 4.69) is 4.74 Å². The number of carbonyl (C=O) groups excluding carboxylic acids is 2. The Morgan fingerprint density at radius 3 is 2.46 bits per heavy atom. The highest BCUT2D eigenvalue weighted by molar-refractivity contribution is 7.07. The topological polar surface area (TPSA) is 92.4 Å². The van der Waals surface area contributed by atoms with E-state index in [0.29, 0.717) is 18.8 Å². The molecule has 0 atom stereocenters. The van der Waals surface area contributed by atoms with Crippen molar-refractivity contribution in [3.63, 3.8) is 0 Å². The largest absolute Gasteiger partial charge is 0.466 e. The van der Waals surface area contributed by atoms with Crippen molar-refractivity contribution in [1.82, 2.24) is 9.47 Å². The van der Waals surface area contributed by atoms with E-state index in [9.17, 15) is 19.6 Å². The van der Waals surface area contributed by atoms with Gasteiger partial charge in [-0.25, -0.2) is 4.79 Å². The summed E-state index contributed by atoms with van der Waals surface area (Å²) in [4.78, 5) is 39.2. The van der Waals surface area contributed by atoms with Crippen molar-refractivity contribution in [3.8, 4) is 11.8 Å². The van der Waals surface area contributed by atoms with Crippen LogP contribution in [-0.2, 0) is 14.3 Å². The molecule has 1 saturated heterocycles. The maximum atomic E-state index is 13.0. The van der Waals surface area contributed by atoms with E-state index in [1.54, 1.807) is 35.2 Å². The van der Waals surface area contributed by atoms with Gasteiger partial charge in [-0.1, -0.05) is 18.2 Å². The van der Waals surface area contributed by atoms with Crippen LogP contribution in [0.25, 0.3) is 17.3 Å². The second-order valence-corrected chi connectivity index (χ2v) is 7.29. The number of nitriles is 1. The molecule has 2 heterocycles. The van der Waals surface area contributed by atoms with Crippen molar-refractivity contribution in [1.29, 1.82) is 5.26 Å². The standard InChI is InChI=1S/C20H19N3O4S/c1-27-17(24)12-16-19(26)23(14-8-4-2-5-9-14)20(28-16)15(13-21)18(25)22-10-6-3-7-11-22/h2,4-5,8-9,12H,3,6-7,10-11H2,1H3/b16-12+,20-15+. The fourth-order valence-corrected chi connectivity index (χ4v) is 4.13. The zero-order chi connectivity index (χ0) is 20.1. The minimum Gasteiger partial charge on any atom is -0.466 e. The first-order valence-electron chi connectivity index (χ1n) is 8.87. The highest BCUT2D eigenvalue weighted by Crippen LogP contribution is 2.12. The maximum absolute atomic E-state index is 13.0. The number of rotatable bonds is 3. The number of likely N-dealkylation sites (tertiary alicyclic amines) is 1. The second kappa shape index (κ2) is 8.67. The van der Waals surface area contributed by atoms with Gasteiger partial charge in [-0.3, -0.25) is 14.2 Å². The summed E-state index contributed by atoms with van der Waals surface area (Å²) in [7, 11) is 1.22. The molecule has 0 N–H and O–H groups in total. The average Bonchev–Trinajstić information content (AvgIpc) is 3.05. The normalized spacial score (nSPS) is 15.7. The van der Waals surface area contributed by atoms with Crippen molar-refractivity contribution >= 4 is 34.9 Å². The number of nitrogens with zero attached hydrogens (tertiary/aromatic N) is 3. The summed E-state index contributed by atoms with van der Waals surface area (Å²) < 4.78 is 6.23. The first-order chi connectivity index (χ1) is 13.6. The van der Waals surface area contributed by atoms with Gasteiger partial charge in [0.15, 0.2) is 5.57 Å². The molecule has 0 unspecified atom stereocenters. The molecule has 0 bridgehead atoms. The first-order valence-corrected chi connectivity index (χ1v) is 9.69. The number of thiazole rings is 1. The molecule has 144 valence electrons. The summed E-state index contributed by atoms with van der Waals surface area (Å²) in [5, 5.41) is 9.74. The molecule has 0 radical (unpaired) electrons. The summed E-state index contributed by atoms with van der Waals surface area (Å²) in [5.41, 5.74) is -0.0596. The smallest absolute Gasteiger partial charge is 0.332 e. The van der Waals surface area contributed by atoms with Crippen LogP contribution >= 0.6 is 11.3 Å². The lowest BCUT2D eigenvalue weighted by atomic mass is 10.1. The Morgan fingerprint density at radius 1 is 1.18 bits per heavy atom. The van der Waals surface area contributed by atoms with Gasteiger partial charge in [0.2, 0.25) is 0 Å². The van der Waals surface area contributed by atoms with E-state index in [4.69, 9.17) is 0 Å². The van der Waals surface area contributed by atoms with Crippen LogP contribution in [-0.4, -0.2) is 41.5 Å². The number of aromatic nitrogens is 1. The predicted molar refractivity (Wildman–Crippen MR) is 105 cm³/mol. The third-order valence-electron chi connectivity index (χ3n) is 4.47. The van der Waals surface area contributed by atoms with Gasteiger partial charge in [0.25, 0.3) is 11.5 Å². The number of piperidine rings is 1. The molecule has 1 amide bonds. The average molecular weight is 397 g/mol. The molecule has 1 aliphatic rings. The number of carbonyl (C=O) groups is 2. The molecule has 8 heteroatoms. The van der Waals surface area contributed by atoms with E-state index < -0.39 is 17.4 Å². The summed E-state index contributed by atoms with van der Waals surface area (Å²) in [6, 6.07) is 10.7. The molecule has 28 heavy (non-hydrogen) atoms. The fraction of sp³-hybridized carbons (Fsp3) is 0.300. The molecule has 1 aromatic carbocycles. The van der Waals surface area contributed by atoms with E-state index in [1.165, 1.54) is 11.7 Å². The van der Waals surface area contributed by atoms with Gasteiger partial charge in [-0.15, -0.1) is 11.3 Å².